The highest BCUT2D eigenvalue weighted by atomic mass is 32.2. The van der Waals surface area contributed by atoms with Gasteiger partial charge in [0.1, 0.15) is 0 Å². The predicted molar refractivity (Wildman–Crippen MR) is 56.8 cm³/mol. The molecule has 0 bridgehead atoms. The van der Waals surface area contributed by atoms with Gasteiger partial charge in [-0.25, -0.2) is 0 Å². The van der Waals surface area contributed by atoms with Gasteiger partial charge < -0.3 is 9.30 Å². The van der Waals surface area contributed by atoms with Crippen molar-refractivity contribution in [1.29, 1.82) is 0 Å². The molecule has 1 rings (SSSR count). The number of hydrogen-bond acceptors (Lipinski definition) is 4. The Kier molecular flexibility index (Phi) is 4.69. The Labute approximate surface area is 87.3 Å². The van der Waals surface area contributed by atoms with Crippen LogP contribution in [0.1, 0.15) is 6.92 Å². The monoisotopic (exact) mass is 214 g/mol. The summed E-state index contributed by atoms with van der Waals surface area (Å²) in [6.45, 7) is 3.39. The lowest BCUT2D eigenvalue weighted by atomic mass is 10.6. The van der Waals surface area contributed by atoms with E-state index in [2.05, 4.69) is 4.98 Å². The zero-order chi connectivity index (χ0) is 10.4. The molecule has 1 aromatic heterocycles. The van der Waals surface area contributed by atoms with Gasteiger partial charge in [-0.15, -0.1) is 0 Å². The van der Waals surface area contributed by atoms with Gasteiger partial charge in [-0.05, 0) is 5.75 Å². The maximum Gasteiger partial charge on any atom is 0.273 e. The van der Waals surface area contributed by atoms with Crippen LogP contribution >= 0.6 is 11.8 Å². The Bertz CT molecular complexity index is 338. The molecule has 0 aliphatic rings. The summed E-state index contributed by atoms with van der Waals surface area (Å²) in [5.74, 6) is 0.906. The summed E-state index contributed by atoms with van der Waals surface area (Å²) in [6.07, 6.45) is 1.76. The van der Waals surface area contributed by atoms with Gasteiger partial charge in [0.2, 0.25) is 0 Å². The molecule has 0 radical (unpaired) electrons. The lowest BCUT2D eigenvalue weighted by Gasteiger charge is -2.09. The van der Waals surface area contributed by atoms with Crippen molar-refractivity contribution in [2.75, 3.05) is 19.5 Å². The third-order valence-corrected chi connectivity index (χ3v) is 2.53. The first-order valence-corrected chi connectivity index (χ1v) is 5.45. The Morgan fingerprint density at radius 1 is 1.64 bits per heavy atom. The average Bonchev–Trinajstić information content (AvgIpc) is 2.17. The smallest absolute Gasteiger partial charge is 0.273 e. The van der Waals surface area contributed by atoms with E-state index in [4.69, 9.17) is 4.74 Å². The number of rotatable bonds is 5. The largest absolute Gasteiger partial charge is 0.383 e. The zero-order valence-electron chi connectivity index (χ0n) is 8.40. The minimum Gasteiger partial charge on any atom is -0.383 e. The minimum absolute atomic E-state index is 0.186. The summed E-state index contributed by atoms with van der Waals surface area (Å²) in [5, 5.41) is 0.761. The fourth-order valence-electron chi connectivity index (χ4n) is 1.02. The molecule has 0 saturated carbocycles. The second-order valence-corrected chi connectivity index (χ2v) is 3.90. The first-order chi connectivity index (χ1) is 6.77. The van der Waals surface area contributed by atoms with Crippen LogP contribution in [0, 0.1) is 0 Å². The summed E-state index contributed by atoms with van der Waals surface area (Å²) < 4.78 is 6.90. The fraction of sp³-hybridized carbons (Fsp3) is 0.556. The van der Waals surface area contributed by atoms with E-state index in [0.29, 0.717) is 6.61 Å². The summed E-state index contributed by atoms with van der Waals surface area (Å²) in [4.78, 5) is 15.0. The fourth-order valence-corrected chi connectivity index (χ4v) is 1.75. The first-order valence-electron chi connectivity index (χ1n) is 4.47. The molecule has 0 N–H and O–H groups in total. The van der Waals surface area contributed by atoms with Crippen molar-refractivity contribution in [1.82, 2.24) is 9.55 Å². The van der Waals surface area contributed by atoms with E-state index in [1.165, 1.54) is 6.07 Å². The van der Waals surface area contributed by atoms with Crippen molar-refractivity contribution < 1.29 is 4.74 Å². The molecule has 0 aliphatic heterocycles. The summed E-state index contributed by atoms with van der Waals surface area (Å²) in [6, 6.07) is 1.47. The van der Waals surface area contributed by atoms with Crippen LogP contribution in [0.4, 0.5) is 0 Å². The molecule has 4 nitrogen and oxygen atoms in total. The SMILES string of the molecule is CCSc1nc(=O)ccn1CCOC. The van der Waals surface area contributed by atoms with Gasteiger partial charge in [0.15, 0.2) is 5.16 Å². The molecule has 78 valence electrons. The molecular weight excluding hydrogens is 200 g/mol. The maximum atomic E-state index is 11.0. The van der Waals surface area contributed by atoms with Crippen LogP contribution in [0.15, 0.2) is 22.2 Å². The molecule has 0 saturated heterocycles. The summed E-state index contributed by atoms with van der Waals surface area (Å²) in [7, 11) is 1.66. The highest BCUT2D eigenvalue weighted by molar-refractivity contribution is 7.99. The minimum atomic E-state index is -0.186. The van der Waals surface area contributed by atoms with Gasteiger partial charge in [0.05, 0.1) is 6.61 Å². The van der Waals surface area contributed by atoms with Crippen LogP contribution in [-0.2, 0) is 11.3 Å². The number of thioether (sulfide) groups is 1. The molecule has 1 aromatic rings. The molecule has 0 aliphatic carbocycles. The molecule has 0 spiro atoms. The Balaban J connectivity index is 2.84. The highest BCUT2D eigenvalue weighted by Gasteiger charge is 2.01. The normalized spacial score (nSPS) is 10.4. The van der Waals surface area contributed by atoms with Crippen molar-refractivity contribution in [3.8, 4) is 0 Å². The van der Waals surface area contributed by atoms with E-state index in [1.54, 1.807) is 25.1 Å². The predicted octanol–water partition coefficient (Wildman–Crippen LogP) is 1.00. The molecule has 0 unspecified atom stereocenters. The lowest BCUT2D eigenvalue weighted by Crippen LogP contribution is -2.15. The van der Waals surface area contributed by atoms with Crippen LogP contribution in [0.3, 0.4) is 0 Å². The van der Waals surface area contributed by atoms with Crippen molar-refractivity contribution in [3.63, 3.8) is 0 Å². The number of ether oxygens (including phenoxy) is 1. The molecule has 0 atom stereocenters. The molecule has 5 heteroatoms. The lowest BCUT2D eigenvalue weighted by molar-refractivity contribution is 0.184. The third kappa shape index (κ3) is 3.16. The van der Waals surface area contributed by atoms with Crippen LogP contribution in [0.2, 0.25) is 0 Å². The second kappa shape index (κ2) is 5.82. The van der Waals surface area contributed by atoms with E-state index in [1.807, 2.05) is 11.5 Å². The third-order valence-electron chi connectivity index (χ3n) is 1.66. The molecule has 0 aromatic carbocycles. The van der Waals surface area contributed by atoms with Crippen molar-refractivity contribution in [3.05, 3.63) is 22.6 Å². The number of aromatic nitrogens is 2. The Hall–Kier alpha value is -0.810. The average molecular weight is 214 g/mol. The van der Waals surface area contributed by atoms with Gasteiger partial charge in [0.25, 0.3) is 5.56 Å². The van der Waals surface area contributed by atoms with Crippen molar-refractivity contribution >= 4 is 11.8 Å². The van der Waals surface area contributed by atoms with E-state index < -0.39 is 0 Å². The van der Waals surface area contributed by atoms with E-state index in [9.17, 15) is 4.79 Å². The van der Waals surface area contributed by atoms with Crippen LogP contribution in [0.5, 0.6) is 0 Å². The quantitative estimate of drug-likeness (QED) is 0.542. The number of nitrogens with zero attached hydrogens (tertiary/aromatic N) is 2. The zero-order valence-corrected chi connectivity index (χ0v) is 9.21. The van der Waals surface area contributed by atoms with Crippen LogP contribution in [-0.4, -0.2) is 29.0 Å². The van der Waals surface area contributed by atoms with E-state index >= 15 is 0 Å². The van der Waals surface area contributed by atoms with Gasteiger partial charge in [-0.1, -0.05) is 18.7 Å². The van der Waals surface area contributed by atoms with E-state index in [-0.39, 0.29) is 5.56 Å². The van der Waals surface area contributed by atoms with Crippen LogP contribution < -0.4 is 5.56 Å². The van der Waals surface area contributed by atoms with Gasteiger partial charge in [-0.2, -0.15) is 4.98 Å². The van der Waals surface area contributed by atoms with Gasteiger partial charge in [-0.3, -0.25) is 4.79 Å². The second-order valence-electron chi connectivity index (χ2n) is 2.67. The van der Waals surface area contributed by atoms with E-state index in [0.717, 1.165) is 17.5 Å². The maximum absolute atomic E-state index is 11.0. The van der Waals surface area contributed by atoms with Crippen molar-refractivity contribution in [2.45, 2.75) is 18.6 Å². The molecule has 0 fully saturated rings. The van der Waals surface area contributed by atoms with Crippen LogP contribution in [0.25, 0.3) is 0 Å². The molecule has 14 heavy (non-hydrogen) atoms. The topological polar surface area (TPSA) is 44.1 Å². The first kappa shape index (κ1) is 11.3. The number of hydrogen-bond donors (Lipinski definition) is 0. The Morgan fingerprint density at radius 2 is 2.43 bits per heavy atom. The standard InChI is InChI=1S/C9H14N2O2S/c1-3-14-9-10-8(12)4-5-11(9)6-7-13-2/h4-5H,3,6-7H2,1-2H3. The summed E-state index contributed by atoms with van der Waals surface area (Å²) in [5.41, 5.74) is -0.186. The molecular formula is C9H14N2O2S. The van der Waals surface area contributed by atoms with Gasteiger partial charge in [0, 0.05) is 25.9 Å². The molecule has 1 heterocycles. The van der Waals surface area contributed by atoms with Crippen molar-refractivity contribution in [2.24, 2.45) is 0 Å². The highest BCUT2D eigenvalue weighted by Crippen LogP contribution is 2.12. The Morgan fingerprint density at radius 3 is 3.07 bits per heavy atom. The number of methoxy groups -OCH3 is 1. The van der Waals surface area contributed by atoms with Gasteiger partial charge >= 0.3 is 0 Å². The summed E-state index contributed by atoms with van der Waals surface area (Å²) >= 11 is 1.56. The molecule has 0 amide bonds.